The van der Waals surface area contributed by atoms with Crippen molar-refractivity contribution < 1.29 is 4.74 Å². The predicted octanol–water partition coefficient (Wildman–Crippen LogP) is 2.14. The highest BCUT2D eigenvalue weighted by Gasteiger charge is 2.19. The van der Waals surface area contributed by atoms with Gasteiger partial charge < -0.3 is 10.1 Å². The maximum Gasteiger partial charge on any atom is 0.120 e. The fourth-order valence-electron chi connectivity index (χ4n) is 2.20. The number of nitrogens with one attached hydrogen (secondary N) is 1. The van der Waals surface area contributed by atoms with Crippen molar-refractivity contribution in [3.8, 4) is 5.75 Å². The molecule has 1 aromatic carbocycles. The molecular formula is C13H19ClN2O. The van der Waals surface area contributed by atoms with E-state index in [9.17, 15) is 0 Å². The molecule has 0 radical (unpaired) electrons. The topological polar surface area (TPSA) is 24.5 Å². The molecule has 0 bridgehead atoms. The molecule has 1 saturated heterocycles. The fourth-order valence-corrected chi connectivity index (χ4v) is 2.43. The van der Waals surface area contributed by atoms with Crippen molar-refractivity contribution in [3.63, 3.8) is 0 Å². The van der Waals surface area contributed by atoms with Gasteiger partial charge in [0.25, 0.3) is 0 Å². The van der Waals surface area contributed by atoms with Gasteiger partial charge in [-0.25, -0.2) is 0 Å². The van der Waals surface area contributed by atoms with Crippen LogP contribution in [-0.2, 0) is 6.54 Å². The molecule has 94 valence electrons. The number of benzene rings is 1. The molecule has 17 heavy (non-hydrogen) atoms. The molecule has 0 aromatic heterocycles. The SMILES string of the molecule is COc1ccc(CN(C)C2CCNC2)c(Cl)c1. The minimum Gasteiger partial charge on any atom is -0.497 e. The Kier molecular flexibility index (Phi) is 4.26. The molecular weight excluding hydrogens is 236 g/mol. The lowest BCUT2D eigenvalue weighted by Gasteiger charge is -2.24. The Hall–Kier alpha value is -0.770. The van der Waals surface area contributed by atoms with Gasteiger partial charge in [-0.3, -0.25) is 4.90 Å². The molecule has 1 atom stereocenters. The van der Waals surface area contributed by atoms with Crippen LogP contribution in [0.3, 0.4) is 0 Å². The molecule has 3 nitrogen and oxygen atoms in total. The van der Waals surface area contributed by atoms with E-state index in [0.717, 1.165) is 36.0 Å². The van der Waals surface area contributed by atoms with E-state index >= 15 is 0 Å². The monoisotopic (exact) mass is 254 g/mol. The summed E-state index contributed by atoms with van der Waals surface area (Å²) >= 11 is 6.24. The first-order valence-electron chi connectivity index (χ1n) is 5.94. The number of halogens is 1. The Morgan fingerprint density at radius 1 is 1.53 bits per heavy atom. The van der Waals surface area contributed by atoms with E-state index in [-0.39, 0.29) is 0 Å². The first-order chi connectivity index (χ1) is 8.20. The zero-order chi connectivity index (χ0) is 12.3. The summed E-state index contributed by atoms with van der Waals surface area (Å²) in [4.78, 5) is 2.35. The van der Waals surface area contributed by atoms with E-state index in [1.54, 1.807) is 7.11 Å². The Morgan fingerprint density at radius 2 is 2.35 bits per heavy atom. The Morgan fingerprint density at radius 3 is 2.94 bits per heavy atom. The summed E-state index contributed by atoms with van der Waals surface area (Å²) in [5, 5.41) is 4.16. The molecule has 0 amide bonds. The van der Waals surface area contributed by atoms with E-state index in [1.165, 1.54) is 6.42 Å². The maximum atomic E-state index is 6.24. The normalized spacial score (nSPS) is 19.9. The van der Waals surface area contributed by atoms with Crippen LogP contribution in [0.15, 0.2) is 18.2 Å². The first-order valence-corrected chi connectivity index (χ1v) is 6.32. The summed E-state index contributed by atoms with van der Waals surface area (Å²) in [6.07, 6.45) is 1.21. The van der Waals surface area contributed by atoms with Crippen molar-refractivity contribution in [1.82, 2.24) is 10.2 Å². The Balaban J connectivity index is 2.02. The van der Waals surface area contributed by atoms with Gasteiger partial charge in [-0.1, -0.05) is 17.7 Å². The van der Waals surface area contributed by atoms with Gasteiger partial charge in [-0.2, -0.15) is 0 Å². The predicted molar refractivity (Wildman–Crippen MR) is 70.7 cm³/mol. The van der Waals surface area contributed by atoms with Crippen LogP contribution in [-0.4, -0.2) is 38.2 Å². The largest absolute Gasteiger partial charge is 0.497 e. The van der Waals surface area contributed by atoms with E-state index in [1.807, 2.05) is 18.2 Å². The number of methoxy groups -OCH3 is 1. The molecule has 1 heterocycles. The molecule has 0 aliphatic carbocycles. The van der Waals surface area contributed by atoms with Gasteiger partial charge in [-0.15, -0.1) is 0 Å². The molecule has 4 heteroatoms. The molecule has 1 fully saturated rings. The Bertz CT molecular complexity index is 378. The van der Waals surface area contributed by atoms with Crippen LogP contribution < -0.4 is 10.1 Å². The summed E-state index contributed by atoms with van der Waals surface area (Å²) in [5.74, 6) is 0.809. The van der Waals surface area contributed by atoms with E-state index < -0.39 is 0 Å². The average Bonchev–Trinajstić information content (AvgIpc) is 2.85. The lowest BCUT2D eigenvalue weighted by molar-refractivity contribution is 0.249. The molecule has 1 aliphatic heterocycles. The number of hydrogen-bond acceptors (Lipinski definition) is 3. The van der Waals surface area contributed by atoms with Crippen LogP contribution in [0.2, 0.25) is 5.02 Å². The van der Waals surface area contributed by atoms with Crippen molar-refractivity contribution in [2.75, 3.05) is 27.2 Å². The zero-order valence-corrected chi connectivity index (χ0v) is 11.1. The van der Waals surface area contributed by atoms with Crippen molar-refractivity contribution in [3.05, 3.63) is 28.8 Å². The summed E-state index contributed by atoms with van der Waals surface area (Å²) in [5.41, 5.74) is 1.15. The summed E-state index contributed by atoms with van der Waals surface area (Å²) in [7, 11) is 3.81. The second-order valence-corrected chi connectivity index (χ2v) is 4.93. The van der Waals surface area contributed by atoms with E-state index in [0.29, 0.717) is 6.04 Å². The van der Waals surface area contributed by atoms with Gasteiger partial charge >= 0.3 is 0 Å². The molecule has 1 N–H and O–H groups in total. The third-order valence-electron chi connectivity index (χ3n) is 3.34. The lowest BCUT2D eigenvalue weighted by Crippen LogP contribution is -2.32. The van der Waals surface area contributed by atoms with Gasteiger partial charge in [-0.05, 0) is 37.7 Å². The highest BCUT2D eigenvalue weighted by molar-refractivity contribution is 6.31. The number of ether oxygens (including phenoxy) is 1. The van der Waals surface area contributed by atoms with Gasteiger partial charge in [0.1, 0.15) is 5.75 Å². The fraction of sp³-hybridized carbons (Fsp3) is 0.538. The van der Waals surface area contributed by atoms with Crippen LogP contribution in [0.4, 0.5) is 0 Å². The highest BCUT2D eigenvalue weighted by Crippen LogP contribution is 2.24. The van der Waals surface area contributed by atoms with Gasteiger partial charge in [0.2, 0.25) is 0 Å². The standard InChI is InChI=1S/C13H19ClN2O/c1-16(11-5-6-15-8-11)9-10-3-4-12(17-2)7-13(10)14/h3-4,7,11,15H,5-6,8-9H2,1-2H3. The van der Waals surface area contributed by atoms with Gasteiger partial charge in [0.15, 0.2) is 0 Å². The van der Waals surface area contributed by atoms with Crippen LogP contribution in [0.25, 0.3) is 0 Å². The molecule has 2 rings (SSSR count). The third kappa shape index (κ3) is 3.12. The van der Waals surface area contributed by atoms with E-state index in [2.05, 4.69) is 17.3 Å². The number of likely N-dealkylation sites (N-methyl/N-ethyl adjacent to an activating group) is 1. The average molecular weight is 255 g/mol. The molecule has 1 aliphatic rings. The van der Waals surface area contributed by atoms with Crippen molar-refractivity contribution in [2.24, 2.45) is 0 Å². The number of nitrogens with zero attached hydrogens (tertiary/aromatic N) is 1. The van der Waals surface area contributed by atoms with Crippen LogP contribution in [0, 0.1) is 0 Å². The molecule has 0 saturated carbocycles. The Labute approximate surface area is 108 Å². The summed E-state index contributed by atoms with van der Waals surface area (Å²) in [6.45, 7) is 3.07. The minimum absolute atomic E-state index is 0.619. The molecule has 1 aromatic rings. The summed E-state index contributed by atoms with van der Waals surface area (Å²) in [6, 6.07) is 6.49. The second kappa shape index (κ2) is 5.71. The quantitative estimate of drug-likeness (QED) is 0.891. The zero-order valence-electron chi connectivity index (χ0n) is 10.4. The summed E-state index contributed by atoms with van der Waals surface area (Å²) < 4.78 is 5.15. The van der Waals surface area contributed by atoms with Crippen LogP contribution >= 0.6 is 11.6 Å². The van der Waals surface area contributed by atoms with Crippen molar-refractivity contribution >= 4 is 11.6 Å². The number of rotatable bonds is 4. The minimum atomic E-state index is 0.619. The van der Waals surface area contributed by atoms with E-state index in [4.69, 9.17) is 16.3 Å². The first kappa shape index (κ1) is 12.7. The molecule has 1 unspecified atom stereocenters. The van der Waals surface area contributed by atoms with Crippen molar-refractivity contribution in [1.29, 1.82) is 0 Å². The maximum absolute atomic E-state index is 6.24. The van der Waals surface area contributed by atoms with Crippen LogP contribution in [0.5, 0.6) is 5.75 Å². The molecule has 0 spiro atoms. The van der Waals surface area contributed by atoms with Gasteiger partial charge in [0, 0.05) is 24.2 Å². The number of hydrogen-bond donors (Lipinski definition) is 1. The third-order valence-corrected chi connectivity index (χ3v) is 3.69. The second-order valence-electron chi connectivity index (χ2n) is 4.52. The smallest absolute Gasteiger partial charge is 0.120 e. The highest BCUT2D eigenvalue weighted by atomic mass is 35.5. The van der Waals surface area contributed by atoms with Crippen molar-refractivity contribution in [2.45, 2.75) is 19.0 Å². The van der Waals surface area contributed by atoms with Gasteiger partial charge in [0.05, 0.1) is 7.11 Å². The lowest BCUT2D eigenvalue weighted by atomic mass is 10.1. The van der Waals surface area contributed by atoms with Crippen LogP contribution in [0.1, 0.15) is 12.0 Å².